The lowest BCUT2D eigenvalue weighted by Gasteiger charge is -2.08. The highest BCUT2D eigenvalue weighted by molar-refractivity contribution is 6.05. The fourth-order valence-electron chi connectivity index (χ4n) is 2.82. The largest absolute Gasteiger partial charge is 0.497 e. The first-order chi connectivity index (χ1) is 14.1. The Labute approximate surface area is 168 Å². The first-order valence-corrected chi connectivity index (χ1v) is 8.92. The fraction of sp³-hybridized carbons (Fsp3) is 0.136. The lowest BCUT2D eigenvalue weighted by Crippen LogP contribution is -2.24. The van der Waals surface area contributed by atoms with Gasteiger partial charge < -0.3 is 14.8 Å². The van der Waals surface area contributed by atoms with Crippen molar-refractivity contribution in [3.63, 3.8) is 0 Å². The van der Waals surface area contributed by atoms with Crippen molar-refractivity contribution in [2.24, 2.45) is 5.10 Å². The van der Waals surface area contributed by atoms with E-state index in [0.29, 0.717) is 17.2 Å². The second-order valence-electron chi connectivity index (χ2n) is 6.15. The normalized spacial score (nSPS) is 10.7. The minimum absolute atomic E-state index is 0.351. The average Bonchev–Trinajstić information content (AvgIpc) is 2.74. The first-order valence-electron chi connectivity index (χ1n) is 8.92. The van der Waals surface area contributed by atoms with Crippen molar-refractivity contribution >= 4 is 34.5 Å². The molecule has 0 radical (unpaired) electrons. The maximum absolute atomic E-state index is 12.0. The molecule has 0 heterocycles. The molecule has 0 spiro atoms. The zero-order valence-electron chi connectivity index (χ0n) is 16.1. The van der Waals surface area contributed by atoms with E-state index in [2.05, 4.69) is 15.8 Å². The van der Waals surface area contributed by atoms with Crippen LogP contribution in [0.25, 0.3) is 10.8 Å². The van der Waals surface area contributed by atoms with Crippen molar-refractivity contribution in [2.75, 3.05) is 19.5 Å². The third-order valence-corrected chi connectivity index (χ3v) is 4.23. The first kappa shape index (κ1) is 19.9. The van der Waals surface area contributed by atoms with Crippen LogP contribution in [0.5, 0.6) is 11.5 Å². The molecule has 0 fully saturated rings. The average molecular weight is 391 g/mol. The lowest BCUT2D eigenvalue weighted by molar-refractivity contribution is -0.126. The summed E-state index contributed by atoms with van der Waals surface area (Å²) in [6.45, 7) is 0. The van der Waals surface area contributed by atoms with Gasteiger partial charge in [0.05, 0.1) is 20.4 Å². The van der Waals surface area contributed by atoms with E-state index >= 15 is 0 Å². The summed E-state index contributed by atoms with van der Waals surface area (Å²) < 4.78 is 10.4. The molecule has 148 valence electrons. The molecule has 0 aliphatic carbocycles. The third kappa shape index (κ3) is 5.10. The van der Waals surface area contributed by atoms with Crippen molar-refractivity contribution in [3.8, 4) is 11.5 Å². The van der Waals surface area contributed by atoms with E-state index in [9.17, 15) is 9.59 Å². The molecule has 29 heavy (non-hydrogen) atoms. The summed E-state index contributed by atoms with van der Waals surface area (Å²) in [6.07, 6.45) is 1.16. The van der Waals surface area contributed by atoms with Crippen LogP contribution in [0.4, 0.5) is 5.69 Å². The standard InChI is InChI=1S/C22H21N3O4/c1-28-17-10-8-16(9-11-17)24-21(26)13-22(27)25-23-14-19-18-6-4-3-5-15(18)7-12-20(19)29-2/h3-12,14H,13H2,1-2H3,(H,24,26)(H,25,27). The maximum atomic E-state index is 12.0. The van der Waals surface area contributed by atoms with Crippen molar-refractivity contribution in [1.29, 1.82) is 0 Å². The zero-order valence-corrected chi connectivity index (χ0v) is 16.1. The summed E-state index contributed by atoms with van der Waals surface area (Å²) in [6, 6.07) is 18.4. The van der Waals surface area contributed by atoms with Gasteiger partial charge in [-0.3, -0.25) is 9.59 Å². The maximum Gasteiger partial charge on any atom is 0.249 e. The lowest BCUT2D eigenvalue weighted by atomic mass is 10.0. The molecule has 7 heteroatoms. The number of carbonyl (C=O) groups is 2. The topological polar surface area (TPSA) is 89.0 Å². The monoisotopic (exact) mass is 391 g/mol. The number of amides is 2. The van der Waals surface area contributed by atoms with Crippen LogP contribution in [0.1, 0.15) is 12.0 Å². The number of ether oxygens (including phenoxy) is 2. The molecule has 3 aromatic rings. The molecule has 7 nitrogen and oxygen atoms in total. The number of hydrogen-bond acceptors (Lipinski definition) is 5. The molecule has 0 saturated heterocycles. The quantitative estimate of drug-likeness (QED) is 0.367. The van der Waals surface area contributed by atoms with E-state index in [0.717, 1.165) is 16.3 Å². The number of benzene rings is 3. The van der Waals surface area contributed by atoms with Crippen LogP contribution in [-0.4, -0.2) is 32.2 Å². The number of anilines is 1. The van der Waals surface area contributed by atoms with Crippen LogP contribution >= 0.6 is 0 Å². The van der Waals surface area contributed by atoms with E-state index in [4.69, 9.17) is 9.47 Å². The molecule has 0 aromatic heterocycles. The fourth-order valence-corrected chi connectivity index (χ4v) is 2.82. The Kier molecular flexibility index (Phi) is 6.42. The van der Waals surface area contributed by atoms with Gasteiger partial charge in [0.25, 0.3) is 0 Å². The van der Waals surface area contributed by atoms with E-state index in [-0.39, 0.29) is 6.42 Å². The number of fused-ring (bicyclic) bond motifs is 1. The van der Waals surface area contributed by atoms with Crippen molar-refractivity contribution in [2.45, 2.75) is 6.42 Å². The van der Waals surface area contributed by atoms with Gasteiger partial charge in [-0.25, -0.2) is 5.43 Å². The predicted molar refractivity (Wildman–Crippen MR) is 112 cm³/mol. The number of hydrazone groups is 1. The van der Waals surface area contributed by atoms with E-state index in [1.807, 2.05) is 36.4 Å². The van der Waals surface area contributed by atoms with Crippen LogP contribution in [0, 0.1) is 0 Å². The molecular weight excluding hydrogens is 370 g/mol. The van der Waals surface area contributed by atoms with Crippen LogP contribution in [0.3, 0.4) is 0 Å². The molecule has 3 aromatic carbocycles. The number of carbonyl (C=O) groups excluding carboxylic acids is 2. The summed E-state index contributed by atoms with van der Waals surface area (Å²) in [5.41, 5.74) is 3.70. The summed E-state index contributed by atoms with van der Waals surface area (Å²) in [5.74, 6) is 0.356. The van der Waals surface area contributed by atoms with Crippen molar-refractivity contribution in [1.82, 2.24) is 5.43 Å². The van der Waals surface area contributed by atoms with E-state index in [1.54, 1.807) is 38.5 Å². The Bertz CT molecular complexity index is 1050. The molecule has 0 aliphatic heterocycles. The van der Waals surface area contributed by atoms with Crippen molar-refractivity contribution < 1.29 is 19.1 Å². The molecule has 0 unspecified atom stereocenters. The second-order valence-corrected chi connectivity index (χ2v) is 6.15. The van der Waals surface area contributed by atoms with Crippen LogP contribution < -0.4 is 20.2 Å². The molecule has 3 rings (SSSR count). The Hall–Kier alpha value is -3.87. The third-order valence-electron chi connectivity index (χ3n) is 4.23. The minimum atomic E-state index is -0.522. The molecule has 2 N–H and O–H groups in total. The number of hydrogen-bond donors (Lipinski definition) is 2. The second kappa shape index (κ2) is 9.36. The van der Waals surface area contributed by atoms with E-state index in [1.165, 1.54) is 6.21 Å². The molecule has 0 bridgehead atoms. The van der Waals surface area contributed by atoms with Gasteiger partial charge in [-0.15, -0.1) is 0 Å². The van der Waals surface area contributed by atoms with Crippen LogP contribution in [0.2, 0.25) is 0 Å². The Morgan fingerprint density at radius 3 is 2.41 bits per heavy atom. The highest BCUT2D eigenvalue weighted by atomic mass is 16.5. The van der Waals surface area contributed by atoms with Gasteiger partial charge in [0.2, 0.25) is 11.8 Å². The van der Waals surface area contributed by atoms with Gasteiger partial charge in [0, 0.05) is 11.3 Å². The molecule has 0 atom stereocenters. The number of nitrogens with zero attached hydrogens (tertiary/aromatic N) is 1. The van der Waals surface area contributed by atoms with Gasteiger partial charge in [0.15, 0.2) is 0 Å². The van der Waals surface area contributed by atoms with Gasteiger partial charge in [-0.1, -0.05) is 30.3 Å². The SMILES string of the molecule is COc1ccc(NC(=O)CC(=O)NN=Cc2c(OC)ccc3ccccc23)cc1. The molecule has 2 amide bonds. The van der Waals surface area contributed by atoms with E-state index < -0.39 is 11.8 Å². The van der Waals surface area contributed by atoms with Gasteiger partial charge in [0.1, 0.15) is 17.9 Å². The molecular formula is C22H21N3O4. The Balaban J connectivity index is 1.61. The highest BCUT2D eigenvalue weighted by Crippen LogP contribution is 2.26. The van der Waals surface area contributed by atoms with Crippen LogP contribution in [-0.2, 0) is 9.59 Å². The smallest absolute Gasteiger partial charge is 0.249 e. The van der Waals surface area contributed by atoms with Gasteiger partial charge >= 0.3 is 0 Å². The summed E-state index contributed by atoms with van der Waals surface area (Å²) >= 11 is 0. The molecule has 0 saturated carbocycles. The Morgan fingerprint density at radius 2 is 1.69 bits per heavy atom. The van der Waals surface area contributed by atoms with Crippen LogP contribution in [0.15, 0.2) is 65.8 Å². The Morgan fingerprint density at radius 1 is 0.931 bits per heavy atom. The predicted octanol–water partition coefficient (Wildman–Crippen LogP) is 3.34. The highest BCUT2D eigenvalue weighted by Gasteiger charge is 2.10. The summed E-state index contributed by atoms with van der Waals surface area (Å²) in [5, 5.41) is 8.60. The van der Waals surface area contributed by atoms with Crippen molar-refractivity contribution in [3.05, 3.63) is 66.2 Å². The van der Waals surface area contributed by atoms with Gasteiger partial charge in [-0.05, 0) is 41.1 Å². The number of nitrogens with one attached hydrogen (secondary N) is 2. The molecule has 0 aliphatic rings. The number of rotatable bonds is 7. The summed E-state index contributed by atoms with van der Waals surface area (Å²) in [7, 11) is 3.13. The zero-order chi connectivity index (χ0) is 20.6. The summed E-state index contributed by atoms with van der Waals surface area (Å²) in [4.78, 5) is 24.0. The van der Waals surface area contributed by atoms with Gasteiger partial charge in [-0.2, -0.15) is 5.10 Å². The minimum Gasteiger partial charge on any atom is -0.497 e. The number of methoxy groups -OCH3 is 2.